The molecule has 0 rings (SSSR count). The van der Waals surface area contributed by atoms with Gasteiger partial charge in [0.25, 0.3) is 0 Å². The van der Waals surface area contributed by atoms with Gasteiger partial charge in [-0.15, -0.1) is 0 Å². The van der Waals surface area contributed by atoms with Crippen molar-refractivity contribution < 1.29 is 80.2 Å². The molecule has 0 saturated heterocycles. The Morgan fingerprint density at radius 3 is 0.875 bits per heavy atom. The van der Waals surface area contributed by atoms with E-state index in [-0.39, 0.29) is 25.7 Å². The summed E-state index contributed by atoms with van der Waals surface area (Å²) in [7, 11) is -9.97. The third kappa shape index (κ3) is 68.3. The third-order valence-corrected chi connectivity index (χ3v) is 17.1. The van der Waals surface area contributed by atoms with Crippen LogP contribution in [0.5, 0.6) is 0 Å². The summed E-state index contributed by atoms with van der Waals surface area (Å²) in [5, 5.41) is 10.6. The summed E-state index contributed by atoms with van der Waals surface area (Å²) < 4.78 is 68.3. The van der Waals surface area contributed by atoms with Crippen molar-refractivity contribution in [2.24, 2.45) is 0 Å². The highest BCUT2D eigenvalue weighted by molar-refractivity contribution is 7.47. The molecule has 5 unspecified atom stereocenters. The van der Waals surface area contributed by atoms with E-state index in [9.17, 15) is 43.2 Å². The van der Waals surface area contributed by atoms with E-state index >= 15 is 0 Å². The van der Waals surface area contributed by atoms with E-state index in [1.807, 2.05) is 0 Å². The smallest absolute Gasteiger partial charge is 0.462 e. The molecule has 0 fully saturated rings. The summed E-state index contributed by atoms with van der Waals surface area (Å²) in [6.45, 7) is 4.53. The minimum atomic E-state index is -4.98. The van der Waals surface area contributed by atoms with Crippen molar-refractivity contribution >= 4 is 39.5 Å². The number of rotatable bonds is 69. The van der Waals surface area contributed by atoms with Crippen molar-refractivity contribution in [3.63, 3.8) is 0 Å². The number of ether oxygens (including phenoxy) is 4. The molecule has 17 nitrogen and oxygen atoms in total. The summed E-state index contributed by atoms with van der Waals surface area (Å²) in [5.74, 6) is -2.27. The highest BCUT2D eigenvalue weighted by atomic mass is 31.2. The highest BCUT2D eigenvalue weighted by Gasteiger charge is 2.30. The Balaban J connectivity index is 5.40. The normalized spacial score (nSPS) is 14.6. The number of hydrogen-bond acceptors (Lipinski definition) is 15. The molecule has 0 radical (unpaired) electrons. The van der Waals surface area contributed by atoms with Crippen LogP contribution in [-0.4, -0.2) is 96.7 Å². The summed E-state index contributed by atoms with van der Waals surface area (Å²) in [6.07, 6.45) is 72.4. The van der Waals surface area contributed by atoms with Crippen molar-refractivity contribution in [2.75, 3.05) is 39.6 Å². The van der Waals surface area contributed by atoms with Crippen LogP contribution in [0.2, 0.25) is 0 Å². The number of carbonyl (C=O) groups excluding carboxylic acids is 4. The molecular formula is C77H132O17P2. The van der Waals surface area contributed by atoms with E-state index < -0.39 is 97.5 Å². The fourth-order valence-electron chi connectivity index (χ4n) is 9.61. The van der Waals surface area contributed by atoms with E-state index in [1.54, 1.807) is 0 Å². The Morgan fingerprint density at radius 1 is 0.302 bits per heavy atom. The lowest BCUT2D eigenvalue weighted by atomic mass is 10.0. The largest absolute Gasteiger partial charge is 0.472 e. The number of carbonyl (C=O) groups is 4. The molecule has 0 aromatic heterocycles. The van der Waals surface area contributed by atoms with Crippen LogP contribution in [0.15, 0.2) is 109 Å². The Morgan fingerprint density at radius 2 is 0.542 bits per heavy atom. The summed E-state index contributed by atoms with van der Waals surface area (Å²) in [5.41, 5.74) is 0. The van der Waals surface area contributed by atoms with Crippen LogP contribution in [0.25, 0.3) is 0 Å². The van der Waals surface area contributed by atoms with E-state index in [4.69, 9.17) is 37.0 Å². The molecule has 0 aliphatic rings. The van der Waals surface area contributed by atoms with Gasteiger partial charge >= 0.3 is 39.5 Å². The van der Waals surface area contributed by atoms with Crippen LogP contribution in [0, 0.1) is 0 Å². The zero-order chi connectivity index (χ0) is 70.4. The van der Waals surface area contributed by atoms with Gasteiger partial charge in [0, 0.05) is 25.7 Å². The molecule has 3 N–H and O–H groups in total. The predicted octanol–water partition coefficient (Wildman–Crippen LogP) is 21.0. The predicted molar refractivity (Wildman–Crippen MR) is 390 cm³/mol. The zero-order valence-electron chi connectivity index (χ0n) is 60.0. The van der Waals surface area contributed by atoms with Gasteiger partial charge in [0.05, 0.1) is 26.4 Å². The van der Waals surface area contributed by atoms with Crippen LogP contribution in [0.4, 0.5) is 0 Å². The van der Waals surface area contributed by atoms with Crippen LogP contribution < -0.4 is 0 Å². The van der Waals surface area contributed by atoms with E-state index in [1.165, 1.54) is 77.0 Å². The van der Waals surface area contributed by atoms with Gasteiger partial charge in [-0.3, -0.25) is 37.3 Å². The fraction of sp³-hybridized carbons (Fsp3) is 0.714. The lowest BCUT2D eigenvalue weighted by Crippen LogP contribution is -2.30. The Labute approximate surface area is 581 Å². The molecular weight excluding hydrogens is 1260 g/mol. The number of allylic oxidation sites excluding steroid dienone is 18. The van der Waals surface area contributed by atoms with Crippen molar-refractivity contribution in [3.05, 3.63) is 109 Å². The first-order valence-corrected chi connectivity index (χ1v) is 40.1. The van der Waals surface area contributed by atoms with E-state index in [2.05, 4.69) is 137 Å². The molecule has 19 heteroatoms. The maximum atomic E-state index is 13.1. The SMILES string of the molecule is CC/C=C\C/C=C\C/C=C\C/C=C\CCCCC(=O)OCC(COP(=O)(O)OCC(O)COP(=O)(O)OCC(COC(=O)CCCC/C=C\C/C=C\C/C=C\C/C=C\CC)OC(=O)CCCCCCCCCCCCCCC)OC(=O)CCCCCCC/C=C\CCCCCC. The lowest BCUT2D eigenvalue weighted by molar-refractivity contribution is -0.161. The quantitative estimate of drug-likeness (QED) is 0.0169. The van der Waals surface area contributed by atoms with Gasteiger partial charge in [-0.05, 0) is 128 Å². The number of aliphatic hydroxyl groups is 1. The first kappa shape index (κ1) is 91.7. The highest BCUT2D eigenvalue weighted by Crippen LogP contribution is 2.45. The van der Waals surface area contributed by atoms with Gasteiger partial charge in [0.1, 0.15) is 19.3 Å². The topological polar surface area (TPSA) is 237 Å². The molecule has 552 valence electrons. The molecule has 0 aromatic rings. The standard InChI is InChI=1S/C77H132O17P2/c1-5-9-13-17-21-25-29-33-35-39-41-45-49-53-57-61-74(79)87-67-72(93-76(81)63-59-55-51-47-43-37-31-27-23-19-15-11-7-3)69-91-95(83,84)89-65-71(78)66-90-96(85,86)92-70-73(94-77(82)64-60-56-52-48-44-38-32-28-24-20-16-12-8-4)68-88-75(80)62-58-54-50-46-42-40-36-34-30-26-22-18-14-10-6-2/h9-10,13-14,21-22,25-27,31,33-36,41-42,45-46,71-73,78H,5-8,11-12,15-20,23-24,28-30,32,37-40,43-44,47-70H2,1-4H3,(H,83,84)(H,85,86)/b13-9-,14-10-,25-21-,26-22-,31-27-,35-33-,36-34-,45-41-,46-42-. The summed E-state index contributed by atoms with van der Waals surface area (Å²) in [4.78, 5) is 72.7. The number of phosphoric ester groups is 2. The van der Waals surface area contributed by atoms with Gasteiger partial charge < -0.3 is 33.8 Å². The minimum Gasteiger partial charge on any atom is -0.462 e. The average molecular weight is 1390 g/mol. The zero-order valence-corrected chi connectivity index (χ0v) is 61.8. The number of aliphatic hydroxyl groups excluding tert-OH is 1. The average Bonchev–Trinajstić information content (AvgIpc) is 1.14. The molecule has 0 bridgehead atoms. The first-order valence-electron chi connectivity index (χ1n) is 37.1. The van der Waals surface area contributed by atoms with Gasteiger partial charge in [-0.25, -0.2) is 9.13 Å². The minimum absolute atomic E-state index is 0.0741. The van der Waals surface area contributed by atoms with Gasteiger partial charge in [0.15, 0.2) is 12.2 Å². The number of esters is 4. The maximum absolute atomic E-state index is 13.1. The Bertz CT molecular complexity index is 2250. The van der Waals surface area contributed by atoms with Gasteiger partial charge in [-0.1, -0.05) is 253 Å². The molecule has 0 aromatic carbocycles. The van der Waals surface area contributed by atoms with Crippen molar-refractivity contribution in [1.29, 1.82) is 0 Å². The number of unbranched alkanes of at least 4 members (excludes halogenated alkanes) is 25. The monoisotopic (exact) mass is 1390 g/mol. The molecule has 0 aliphatic heterocycles. The molecule has 0 aliphatic carbocycles. The van der Waals surface area contributed by atoms with Gasteiger partial charge in [-0.2, -0.15) is 0 Å². The number of hydrogen-bond donors (Lipinski definition) is 3. The van der Waals surface area contributed by atoms with Crippen LogP contribution in [0.3, 0.4) is 0 Å². The van der Waals surface area contributed by atoms with E-state index in [0.717, 1.165) is 141 Å². The maximum Gasteiger partial charge on any atom is 0.472 e. The molecule has 5 atom stereocenters. The summed E-state index contributed by atoms with van der Waals surface area (Å²) in [6, 6.07) is 0. The second-order valence-electron chi connectivity index (χ2n) is 24.5. The lowest BCUT2D eigenvalue weighted by Gasteiger charge is -2.21. The molecule has 96 heavy (non-hydrogen) atoms. The van der Waals surface area contributed by atoms with Crippen LogP contribution in [-0.2, 0) is 65.4 Å². The van der Waals surface area contributed by atoms with Crippen molar-refractivity contribution in [2.45, 2.75) is 316 Å². The first-order chi connectivity index (χ1) is 46.7. The Hall–Kier alpha value is -4.28. The Kier molecular flexibility index (Phi) is 66.1. The molecule has 0 spiro atoms. The second kappa shape index (κ2) is 69.2. The summed E-state index contributed by atoms with van der Waals surface area (Å²) >= 11 is 0. The number of phosphoric acid groups is 2. The van der Waals surface area contributed by atoms with E-state index in [0.29, 0.717) is 25.7 Å². The van der Waals surface area contributed by atoms with Crippen LogP contribution >= 0.6 is 15.6 Å². The van der Waals surface area contributed by atoms with Gasteiger partial charge in [0.2, 0.25) is 0 Å². The molecule has 0 heterocycles. The molecule has 0 amide bonds. The van der Waals surface area contributed by atoms with Crippen molar-refractivity contribution in [3.8, 4) is 0 Å². The molecule has 0 saturated carbocycles. The fourth-order valence-corrected chi connectivity index (χ4v) is 11.2. The third-order valence-electron chi connectivity index (χ3n) is 15.2. The van der Waals surface area contributed by atoms with Crippen LogP contribution in [0.1, 0.15) is 297 Å². The van der Waals surface area contributed by atoms with Crippen molar-refractivity contribution in [1.82, 2.24) is 0 Å². The second-order valence-corrected chi connectivity index (χ2v) is 27.4.